The van der Waals surface area contributed by atoms with Crippen LogP contribution < -0.4 is 10.6 Å². The van der Waals surface area contributed by atoms with Gasteiger partial charge in [0, 0.05) is 23.8 Å². The lowest BCUT2D eigenvalue weighted by Gasteiger charge is -2.10. The van der Waals surface area contributed by atoms with Crippen molar-refractivity contribution in [3.05, 3.63) is 53.6 Å². The summed E-state index contributed by atoms with van der Waals surface area (Å²) < 4.78 is 41.1. The van der Waals surface area contributed by atoms with Gasteiger partial charge in [0.25, 0.3) is 5.91 Å². The zero-order valence-corrected chi connectivity index (χ0v) is 18.7. The van der Waals surface area contributed by atoms with Crippen molar-refractivity contribution >= 4 is 40.3 Å². The molecule has 0 spiro atoms. The van der Waals surface area contributed by atoms with Gasteiger partial charge in [0.05, 0.1) is 22.3 Å². The second-order valence-electron chi connectivity index (χ2n) is 7.91. The van der Waals surface area contributed by atoms with Gasteiger partial charge in [0.2, 0.25) is 5.91 Å². The molecule has 174 valence electrons. The van der Waals surface area contributed by atoms with Crippen molar-refractivity contribution in [1.82, 2.24) is 14.9 Å². The molecule has 1 aromatic heterocycles. The number of hydrogen-bond donors (Lipinski definition) is 2. The predicted octanol–water partition coefficient (Wildman–Crippen LogP) is 5.09. The highest BCUT2D eigenvalue weighted by molar-refractivity contribution is 7.99. The number of hydrogen-bond acceptors (Lipinski definition) is 4. The Kier molecular flexibility index (Phi) is 6.64. The molecular formula is C23H23F3N4O2S. The smallest absolute Gasteiger partial charge is 0.349 e. The van der Waals surface area contributed by atoms with Crippen molar-refractivity contribution in [2.45, 2.75) is 50.1 Å². The van der Waals surface area contributed by atoms with Gasteiger partial charge in [0.15, 0.2) is 5.16 Å². The van der Waals surface area contributed by atoms with Gasteiger partial charge >= 0.3 is 6.18 Å². The van der Waals surface area contributed by atoms with Crippen LogP contribution in [0.5, 0.6) is 0 Å². The molecule has 0 saturated heterocycles. The number of amides is 2. The second-order valence-corrected chi connectivity index (χ2v) is 8.86. The third-order valence-corrected chi connectivity index (χ3v) is 6.12. The minimum absolute atomic E-state index is 0.0255. The van der Waals surface area contributed by atoms with Gasteiger partial charge in [-0.05, 0) is 55.7 Å². The molecular weight excluding hydrogens is 453 g/mol. The fraction of sp³-hybridized carbons (Fsp3) is 0.348. The number of aromatic nitrogens is 2. The first kappa shape index (κ1) is 23.2. The number of nitrogens with one attached hydrogen (secondary N) is 2. The summed E-state index contributed by atoms with van der Waals surface area (Å²) in [5, 5.41) is 6.15. The topological polar surface area (TPSA) is 76.0 Å². The molecule has 3 aromatic rings. The average molecular weight is 477 g/mol. The molecule has 1 saturated carbocycles. The molecule has 1 aliphatic rings. The monoisotopic (exact) mass is 476 g/mol. The Morgan fingerprint density at radius 3 is 2.67 bits per heavy atom. The summed E-state index contributed by atoms with van der Waals surface area (Å²) in [6.07, 6.45) is -1.76. The number of nitrogens with zero attached hydrogens (tertiary/aromatic N) is 2. The summed E-state index contributed by atoms with van der Waals surface area (Å²) in [5.41, 5.74) is 1.09. The van der Waals surface area contributed by atoms with E-state index in [4.69, 9.17) is 0 Å². The molecule has 0 aliphatic heterocycles. The van der Waals surface area contributed by atoms with Crippen LogP contribution in [0.1, 0.15) is 42.1 Å². The van der Waals surface area contributed by atoms with Crippen LogP contribution in [0.3, 0.4) is 0 Å². The van der Waals surface area contributed by atoms with E-state index in [1.54, 1.807) is 28.8 Å². The van der Waals surface area contributed by atoms with Crippen molar-refractivity contribution in [1.29, 1.82) is 0 Å². The Morgan fingerprint density at radius 1 is 1.18 bits per heavy atom. The normalized spacial score (nSPS) is 13.8. The standard InChI is InChI=1S/C23H23F3N4O2S/c1-2-10-30-19-12-15(23(24,25)26)6-9-18(19)29-22(30)33-13-20(31)27-17-5-3-4-14(11-17)21(32)28-16-7-8-16/h3-6,9,11-12,16H,2,7-8,10,13H2,1H3,(H,27,31)(H,28,32). The van der Waals surface area contributed by atoms with Crippen LogP contribution in [0.4, 0.5) is 18.9 Å². The Labute approximate surface area is 192 Å². The number of carbonyl (C=O) groups is 2. The van der Waals surface area contributed by atoms with Gasteiger partial charge in [0.1, 0.15) is 0 Å². The van der Waals surface area contributed by atoms with Crippen LogP contribution in [-0.4, -0.2) is 33.2 Å². The first-order chi connectivity index (χ1) is 15.7. The van der Waals surface area contributed by atoms with Crippen molar-refractivity contribution < 1.29 is 22.8 Å². The third kappa shape index (κ3) is 5.68. The lowest BCUT2D eigenvalue weighted by atomic mass is 10.2. The largest absolute Gasteiger partial charge is 0.416 e. The summed E-state index contributed by atoms with van der Waals surface area (Å²) in [6.45, 7) is 2.41. The number of rotatable bonds is 8. The number of alkyl halides is 3. The summed E-state index contributed by atoms with van der Waals surface area (Å²) in [7, 11) is 0. The van der Waals surface area contributed by atoms with E-state index in [0.29, 0.717) is 40.4 Å². The molecule has 10 heteroatoms. The maximum atomic E-state index is 13.1. The second kappa shape index (κ2) is 9.46. The Balaban J connectivity index is 1.45. The maximum Gasteiger partial charge on any atom is 0.416 e. The van der Waals surface area contributed by atoms with Gasteiger partial charge in [-0.3, -0.25) is 9.59 Å². The quantitative estimate of drug-likeness (QED) is 0.444. The van der Waals surface area contributed by atoms with Crippen LogP contribution >= 0.6 is 11.8 Å². The van der Waals surface area contributed by atoms with Crippen molar-refractivity contribution in [3.8, 4) is 0 Å². The van der Waals surface area contributed by atoms with E-state index in [9.17, 15) is 22.8 Å². The first-order valence-corrected chi connectivity index (χ1v) is 11.6. The molecule has 6 nitrogen and oxygen atoms in total. The summed E-state index contributed by atoms with van der Waals surface area (Å²) in [5.74, 6) is -0.446. The number of anilines is 1. The minimum atomic E-state index is -4.44. The van der Waals surface area contributed by atoms with Gasteiger partial charge in [-0.1, -0.05) is 24.8 Å². The number of imidazole rings is 1. The fourth-order valence-corrected chi connectivity index (χ4v) is 4.23. The van der Waals surface area contributed by atoms with E-state index >= 15 is 0 Å². The van der Waals surface area contributed by atoms with Gasteiger partial charge in [-0.15, -0.1) is 0 Å². The molecule has 2 amide bonds. The molecule has 0 atom stereocenters. The first-order valence-electron chi connectivity index (χ1n) is 10.7. The third-order valence-electron chi connectivity index (χ3n) is 5.14. The van der Waals surface area contributed by atoms with Crippen LogP contribution in [0, 0.1) is 0 Å². The average Bonchev–Trinajstić information content (AvgIpc) is 3.52. The van der Waals surface area contributed by atoms with Crippen LogP contribution in [0.2, 0.25) is 0 Å². The predicted molar refractivity (Wildman–Crippen MR) is 121 cm³/mol. The lowest BCUT2D eigenvalue weighted by Crippen LogP contribution is -2.25. The number of thioether (sulfide) groups is 1. The van der Waals surface area contributed by atoms with Crippen LogP contribution in [-0.2, 0) is 17.5 Å². The van der Waals surface area contributed by atoms with Crippen molar-refractivity contribution in [3.63, 3.8) is 0 Å². The Hall–Kier alpha value is -3.01. The Morgan fingerprint density at radius 2 is 1.97 bits per heavy atom. The van der Waals surface area contributed by atoms with Gasteiger partial charge < -0.3 is 15.2 Å². The number of aryl methyl sites for hydroxylation is 1. The fourth-order valence-electron chi connectivity index (χ4n) is 3.39. The zero-order valence-electron chi connectivity index (χ0n) is 17.9. The van der Waals surface area contributed by atoms with E-state index in [1.807, 2.05) is 6.92 Å². The Bertz CT molecular complexity index is 1190. The highest BCUT2D eigenvalue weighted by atomic mass is 32.2. The molecule has 4 rings (SSSR count). The molecule has 0 unspecified atom stereocenters. The molecule has 0 bridgehead atoms. The van der Waals surface area contributed by atoms with Gasteiger partial charge in [-0.2, -0.15) is 13.2 Å². The van der Waals surface area contributed by atoms with E-state index < -0.39 is 11.7 Å². The highest BCUT2D eigenvalue weighted by Gasteiger charge is 2.31. The van der Waals surface area contributed by atoms with Crippen molar-refractivity contribution in [2.75, 3.05) is 11.1 Å². The van der Waals surface area contributed by atoms with E-state index in [2.05, 4.69) is 15.6 Å². The van der Waals surface area contributed by atoms with Crippen LogP contribution in [0.15, 0.2) is 47.6 Å². The molecule has 1 aliphatic carbocycles. The molecule has 2 aromatic carbocycles. The van der Waals surface area contributed by atoms with Crippen LogP contribution in [0.25, 0.3) is 11.0 Å². The van der Waals surface area contributed by atoms with E-state index in [-0.39, 0.29) is 23.6 Å². The van der Waals surface area contributed by atoms with Gasteiger partial charge in [-0.25, -0.2) is 4.98 Å². The maximum absolute atomic E-state index is 13.1. The molecule has 1 heterocycles. The minimum Gasteiger partial charge on any atom is -0.349 e. The SMILES string of the molecule is CCCn1c(SCC(=O)Nc2cccc(C(=O)NC3CC3)c2)nc2ccc(C(F)(F)F)cc21. The molecule has 1 fully saturated rings. The molecule has 2 N–H and O–H groups in total. The van der Waals surface area contributed by atoms with E-state index in [1.165, 1.54) is 6.07 Å². The van der Waals surface area contributed by atoms with Crippen molar-refractivity contribution in [2.24, 2.45) is 0 Å². The summed E-state index contributed by atoms with van der Waals surface area (Å²) in [4.78, 5) is 29.1. The number of carbonyl (C=O) groups excluding carboxylic acids is 2. The highest BCUT2D eigenvalue weighted by Crippen LogP contribution is 2.33. The summed E-state index contributed by atoms with van der Waals surface area (Å²) in [6, 6.07) is 10.4. The number of benzene rings is 2. The lowest BCUT2D eigenvalue weighted by molar-refractivity contribution is -0.137. The molecule has 33 heavy (non-hydrogen) atoms. The number of halogens is 3. The summed E-state index contributed by atoms with van der Waals surface area (Å²) >= 11 is 1.16. The molecule has 0 radical (unpaired) electrons. The number of fused-ring (bicyclic) bond motifs is 1. The van der Waals surface area contributed by atoms with E-state index in [0.717, 1.165) is 36.7 Å². The zero-order chi connectivity index (χ0) is 23.6.